The van der Waals surface area contributed by atoms with Crippen molar-refractivity contribution in [1.82, 2.24) is 79.7 Å². The van der Waals surface area contributed by atoms with Gasteiger partial charge in [-0.15, -0.1) is 0 Å². The zero-order chi connectivity index (χ0) is 72.3. The van der Waals surface area contributed by atoms with E-state index in [2.05, 4.69) is 232 Å². The van der Waals surface area contributed by atoms with Crippen LogP contribution in [-0.2, 0) is 0 Å². The van der Waals surface area contributed by atoms with Crippen molar-refractivity contribution in [2.75, 3.05) is 0 Å². The average Bonchev–Trinajstić information content (AvgIpc) is 1.04. The van der Waals surface area contributed by atoms with Gasteiger partial charge in [0.25, 0.3) is 0 Å². The molecule has 0 atom stereocenters. The van der Waals surface area contributed by atoms with Crippen molar-refractivity contribution in [1.29, 1.82) is 0 Å². The Kier molecular flexibility index (Phi) is 42.5. The number of hydrogen-bond acceptors (Lipinski definition) is 16. The van der Waals surface area contributed by atoms with Crippen LogP contribution in [0.2, 0.25) is 0 Å². The van der Waals surface area contributed by atoms with Crippen molar-refractivity contribution in [3.63, 3.8) is 0 Å². The molecule has 0 bridgehead atoms. The van der Waals surface area contributed by atoms with Crippen LogP contribution in [0.5, 0.6) is 0 Å². The van der Waals surface area contributed by atoms with Crippen molar-refractivity contribution in [3.8, 4) is 0 Å². The van der Waals surface area contributed by atoms with Gasteiger partial charge in [-0.05, 0) is 190 Å². The summed E-state index contributed by atoms with van der Waals surface area (Å²) in [5, 5.41) is 0. The third-order valence-electron chi connectivity index (χ3n) is 13.5. The van der Waals surface area contributed by atoms with Crippen LogP contribution in [0.1, 0.15) is 302 Å². The Morgan fingerprint density at radius 2 is 0.602 bits per heavy atom. The summed E-state index contributed by atoms with van der Waals surface area (Å²) in [5.41, 5.74) is 24.0. The van der Waals surface area contributed by atoms with E-state index >= 15 is 0 Å². The Morgan fingerprint density at radius 3 is 0.968 bits per heavy atom. The van der Waals surface area contributed by atoms with Gasteiger partial charge < -0.3 is 0 Å². The van der Waals surface area contributed by atoms with Crippen LogP contribution in [0.4, 0.5) is 0 Å². The van der Waals surface area contributed by atoms with Crippen LogP contribution in [0.25, 0.3) is 0 Å². The first-order valence-corrected chi connectivity index (χ1v) is 33.3. The highest BCUT2D eigenvalue weighted by molar-refractivity contribution is 5.28. The molecule has 0 aromatic carbocycles. The highest BCUT2D eigenvalue weighted by atomic mass is 14.9. The zero-order valence-electron chi connectivity index (χ0n) is 65.3. The first kappa shape index (κ1) is 87.7. The second kappa shape index (κ2) is 45.1. The highest BCUT2D eigenvalue weighted by Gasteiger charge is 2.12. The van der Waals surface area contributed by atoms with Crippen LogP contribution in [0.15, 0.2) is 43.4 Å². The fourth-order valence-electron chi connectivity index (χ4n) is 8.55. The summed E-state index contributed by atoms with van der Waals surface area (Å²) in [4.78, 5) is 68.3. The molecule has 8 aromatic heterocycles. The van der Waals surface area contributed by atoms with E-state index in [1.165, 1.54) is 22.4 Å². The molecule has 0 amide bonds. The van der Waals surface area contributed by atoms with Gasteiger partial charge in [0.05, 0.1) is 74.0 Å². The van der Waals surface area contributed by atoms with E-state index in [1.807, 2.05) is 110 Å². The number of nitrogens with zero attached hydrogens (tertiary/aromatic N) is 16. The predicted octanol–water partition coefficient (Wildman–Crippen LogP) is 19.7. The summed E-state index contributed by atoms with van der Waals surface area (Å²) in [7, 11) is 0. The Labute approximate surface area is 566 Å². The normalized spacial score (nSPS) is 10.3. The van der Waals surface area contributed by atoms with Crippen molar-refractivity contribution in [2.45, 2.75) is 292 Å². The first-order chi connectivity index (χ1) is 43.0. The maximum absolute atomic E-state index is 4.51. The van der Waals surface area contributed by atoms with Gasteiger partial charge in [-0.25, -0.2) is 29.9 Å². The molecule has 514 valence electrons. The Morgan fingerprint density at radius 1 is 0.226 bits per heavy atom. The summed E-state index contributed by atoms with van der Waals surface area (Å²) in [5.74, 6) is 7.22. The molecule has 0 aliphatic rings. The third kappa shape index (κ3) is 36.6. The van der Waals surface area contributed by atoms with Crippen LogP contribution >= 0.6 is 0 Å². The van der Waals surface area contributed by atoms with Gasteiger partial charge in [-0.3, -0.25) is 49.8 Å². The van der Waals surface area contributed by atoms with Crippen LogP contribution in [0, 0.1) is 143 Å². The molecule has 0 fully saturated rings. The third-order valence-corrected chi connectivity index (χ3v) is 13.5. The molecule has 0 N–H and O–H groups in total. The zero-order valence-corrected chi connectivity index (χ0v) is 65.3. The maximum atomic E-state index is 4.51. The molecule has 0 aliphatic heterocycles. The molecule has 0 unspecified atom stereocenters. The Bertz CT molecular complexity index is 3320. The molecule has 93 heavy (non-hydrogen) atoms. The molecule has 0 spiro atoms. The molecule has 16 nitrogen and oxygen atoms in total. The van der Waals surface area contributed by atoms with Crippen LogP contribution in [0.3, 0.4) is 0 Å². The van der Waals surface area contributed by atoms with E-state index in [-0.39, 0.29) is 0 Å². The lowest BCUT2D eigenvalue weighted by Crippen LogP contribution is -2.03. The molecule has 0 aliphatic carbocycles. The van der Waals surface area contributed by atoms with Crippen molar-refractivity contribution < 1.29 is 0 Å². The second-order valence-electron chi connectivity index (χ2n) is 26.9. The number of aromatic nitrogens is 16. The average molecular weight is 1280 g/mol. The standard InChI is InChI=1S/4C10H16N2.2C9H14N2.C6H8N2.C5H6N2.2C4H10/c1-6(2)10-7(3)11-9(5)12-8(10)4;1-6(2)10-9(5)11-7(3)8(4)12-10;1-6(2)10-7(3)8(4)11-9(5)12-10;1-6(2)10-11-8(4)7(3)9(5)12-10;1-6(2)9-8(4)11-7(3)5-10-9;1-6(2)9-8(4)10-5-7(3)11-9;1-5-6(2)8-4-3-7-5;1-5-4-6-2-3-7-5;2*1-4(2)3/h4*6H,1-5H3;2*5-6H,1-4H3;3-4H,1-2H3;2-4H,1H3;2*4H,1-3H3. The van der Waals surface area contributed by atoms with Crippen LogP contribution < -0.4 is 0 Å². The SMILES string of the molecule is CC(C)C.CC(C)C.Cc1cnc(C(C)C)c(C)n1.Cc1cnc(C)c(C(C)C)n1.Cc1cnccn1.Cc1nc(C(C)C)nc(C)c1C.Cc1nc(C)c(C(C)C)c(C)n1.Cc1nc(C)c(C(C)C)nc1C.Cc1nc(C)c(C)c(C(C)C)n1.Cc1nccnc1C. The molecule has 16 heteroatoms. The monoisotopic (exact) mass is 1280 g/mol. The van der Waals surface area contributed by atoms with Gasteiger partial charge >= 0.3 is 0 Å². The number of aryl methyl sites for hydroxylation is 17. The minimum atomic E-state index is 0.419. The lowest BCUT2D eigenvalue weighted by Gasteiger charge is -2.11. The topological polar surface area (TPSA) is 206 Å². The van der Waals surface area contributed by atoms with Crippen LogP contribution in [-0.4, -0.2) is 79.7 Å². The van der Waals surface area contributed by atoms with Gasteiger partial charge in [0.2, 0.25) is 0 Å². The summed E-state index contributed by atoms with van der Waals surface area (Å²) >= 11 is 0. The van der Waals surface area contributed by atoms with Gasteiger partial charge in [-0.1, -0.05) is 125 Å². The van der Waals surface area contributed by atoms with E-state index < -0.39 is 0 Å². The first-order valence-electron chi connectivity index (χ1n) is 33.3. The van der Waals surface area contributed by atoms with Crippen molar-refractivity contribution in [3.05, 3.63) is 186 Å². The summed E-state index contributed by atoms with van der Waals surface area (Å²) in [6, 6.07) is 0. The fraction of sp³-hybridized carbons (Fsp3) is 0.584. The van der Waals surface area contributed by atoms with Gasteiger partial charge in [0.1, 0.15) is 17.5 Å². The fourth-order valence-corrected chi connectivity index (χ4v) is 8.55. The molecule has 0 saturated heterocycles. The highest BCUT2D eigenvalue weighted by Crippen LogP contribution is 2.22. The van der Waals surface area contributed by atoms with Crippen molar-refractivity contribution in [2.24, 2.45) is 11.8 Å². The van der Waals surface area contributed by atoms with E-state index in [1.54, 1.807) is 37.2 Å². The van der Waals surface area contributed by atoms with E-state index in [0.29, 0.717) is 35.5 Å². The largest absolute Gasteiger partial charge is 0.261 e. The smallest absolute Gasteiger partial charge is 0.131 e. The molecular weight excluding hydrogens is 1150 g/mol. The van der Waals surface area contributed by atoms with E-state index in [4.69, 9.17) is 0 Å². The summed E-state index contributed by atoms with van der Waals surface area (Å²) < 4.78 is 0. The lowest BCUT2D eigenvalue weighted by molar-refractivity contribution is 0.736. The maximum Gasteiger partial charge on any atom is 0.131 e. The molecule has 0 saturated carbocycles. The quantitative estimate of drug-likeness (QED) is 0.152. The Hall–Kier alpha value is -7.36. The summed E-state index contributed by atoms with van der Waals surface area (Å²) in [6.45, 7) is 76.7. The molecular formula is C77H126N16. The molecule has 8 aromatic rings. The summed E-state index contributed by atoms with van der Waals surface area (Å²) in [6.07, 6.45) is 12.1. The molecule has 0 radical (unpaired) electrons. The van der Waals surface area contributed by atoms with Gasteiger partial charge in [0, 0.05) is 83.5 Å². The molecule has 8 heterocycles. The number of hydrogen-bond donors (Lipinski definition) is 0. The van der Waals surface area contributed by atoms with E-state index in [0.717, 1.165) is 132 Å². The van der Waals surface area contributed by atoms with Gasteiger partial charge in [0.15, 0.2) is 0 Å². The minimum absolute atomic E-state index is 0.419. The predicted molar refractivity (Wildman–Crippen MR) is 392 cm³/mol. The molecule has 8 rings (SSSR count). The van der Waals surface area contributed by atoms with Gasteiger partial charge in [-0.2, -0.15) is 0 Å². The van der Waals surface area contributed by atoms with Crippen molar-refractivity contribution >= 4 is 0 Å². The lowest BCUT2D eigenvalue weighted by atomic mass is 10.0. The Balaban J connectivity index is 0. The minimum Gasteiger partial charge on any atom is -0.261 e. The number of rotatable bonds is 6. The van der Waals surface area contributed by atoms with E-state index in [9.17, 15) is 0 Å². The second-order valence-corrected chi connectivity index (χ2v) is 26.9.